The highest BCUT2D eigenvalue weighted by Gasteiger charge is 2.52. The van der Waals surface area contributed by atoms with Gasteiger partial charge in [-0.15, -0.1) is 10.2 Å². The van der Waals surface area contributed by atoms with E-state index < -0.39 is 35.8 Å². The third-order valence-corrected chi connectivity index (χ3v) is 8.82. The average molecular weight is 593 g/mol. The summed E-state index contributed by atoms with van der Waals surface area (Å²) in [6.07, 6.45) is -4.62. The number of benzene rings is 2. The van der Waals surface area contributed by atoms with Crippen LogP contribution < -0.4 is 10.2 Å². The quantitative estimate of drug-likeness (QED) is 0.383. The van der Waals surface area contributed by atoms with Crippen LogP contribution >= 0.6 is 0 Å². The van der Waals surface area contributed by atoms with Crippen molar-refractivity contribution in [3.63, 3.8) is 0 Å². The molecule has 3 aromatic rings. The molecule has 1 aromatic heterocycles. The Bertz CT molecular complexity index is 1520. The fraction of sp³-hybridized carbons (Fsp3) is 0.483. The molecular formula is C29H30F6N6O. The van der Waals surface area contributed by atoms with Crippen LogP contribution in [0.3, 0.4) is 0 Å². The molecule has 2 aromatic carbocycles. The monoisotopic (exact) mass is 592 g/mol. The van der Waals surface area contributed by atoms with Crippen molar-refractivity contribution in [1.29, 1.82) is 0 Å². The lowest BCUT2D eigenvalue weighted by atomic mass is 9.72. The van der Waals surface area contributed by atoms with Gasteiger partial charge in [0.15, 0.2) is 0 Å². The van der Waals surface area contributed by atoms with Crippen molar-refractivity contribution in [2.45, 2.75) is 62.6 Å². The SMILES string of the molecule is Cn1cnnc1C1(c2cccc(N3Cc4c(cc(CNC5(C)CCC5)cc4C(F)(F)F)C3=O)c2)CN(CC(F)(F)F)C1. The van der Waals surface area contributed by atoms with Gasteiger partial charge in [-0.3, -0.25) is 9.69 Å². The van der Waals surface area contributed by atoms with Crippen LogP contribution in [0.15, 0.2) is 42.7 Å². The van der Waals surface area contributed by atoms with Gasteiger partial charge in [-0.1, -0.05) is 12.1 Å². The number of amides is 1. The zero-order valence-corrected chi connectivity index (χ0v) is 23.1. The van der Waals surface area contributed by atoms with Gasteiger partial charge in [0, 0.05) is 43.5 Å². The number of nitrogens with zero attached hydrogens (tertiary/aromatic N) is 5. The lowest BCUT2D eigenvalue weighted by Gasteiger charge is -2.49. The molecule has 1 N–H and O–H groups in total. The number of likely N-dealkylation sites (tertiary alicyclic amines) is 1. The normalized spacial score (nSPS) is 19.9. The first-order chi connectivity index (χ1) is 19.7. The molecule has 1 saturated heterocycles. The van der Waals surface area contributed by atoms with Crippen molar-refractivity contribution in [1.82, 2.24) is 25.0 Å². The Balaban J connectivity index is 1.32. The number of anilines is 1. The Morgan fingerprint density at radius 3 is 2.38 bits per heavy atom. The van der Waals surface area contributed by atoms with Crippen LogP contribution in [0.25, 0.3) is 0 Å². The van der Waals surface area contributed by atoms with Crippen LogP contribution in [0.5, 0.6) is 0 Å². The average Bonchev–Trinajstić information content (AvgIpc) is 3.45. The van der Waals surface area contributed by atoms with E-state index in [0.29, 0.717) is 22.6 Å². The summed E-state index contributed by atoms with van der Waals surface area (Å²) < 4.78 is 83.6. The number of rotatable bonds is 7. The maximum absolute atomic E-state index is 14.2. The van der Waals surface area contributed by atoms with Crippen LogP contribution in [-0.2, 0) is 31.7 Å². The van der Waals surface area contributed by atoms with E-state index in [1.165, 1.54) is 22.2 Å². The highest BCUT2D eigenvalue weighted by atomic mass is 19.4. The van der Waals surface area contributed by atoms with E-state index in [9.17, 15) is 31.1 Å². The topological polar surface area (TPSA) is 66.3 Å². The Morgan fingerprint density at radius 2 is 1.79 bits per heavy atom. The number of carbonyl (C=O) groups excluding carboxylic acids is 1. The van der Waals surface area contributed by atoms with E-state index in [1.807, 2.05) is 6.92 Å². The standard InChI is InChI=1S/C29H30F6N6O/c1-26(7-4-8-26)36-12-18-9-21-22(23(10-18)29(33,34)35)13-41(24(21)42)20-6-3-5-19(11-20)27(25-38-37-17-39(25)2)14-40(15-27)16-28(30,31)32/h3,5-6,9-11,17,36H,4,7-8,12-16H2,1-2H3. The van der Waals surface area contributed by atoms with Crippen LogP contribution in [-0.4, -0.2) is 56.9 Å². The molecule has 0 atom stereocenters. The molecule has 1 aliphatic carbocycles. The molecule has 2 aliphatic heterocycles. The van der Waals surface area contributed by atoms with E-state index in [1.54, 1.807) is 35.9 Å². The van der Waals surface area contributed by atoms with Crippen LogP contribution in [0.4, 0.5) is 32.0 Å². The van der Waals surface area contributed by atoms with E-state index in [4.69, 9.17) is 0 Å². The van der Waals surface area contributed by atoms with E-state index in [2.05, 4.69) is 15.5 Å². The molecule has 13 heteroatoms. The molecule has 3 aliphatic rings. The first-order valence-electron chi connectivity index (χ1n) is 13.7. The summed E-state index contributed by atoms with van der Waals surface area (Å²) in [7, 11) is 1.70. The number of hydrogen-bond acceptors (Lipinski definition) is 5. The van der Waals surface area contributed by atoms with Gasteiger partial charge in [0.1, 0.15) is 12.2 Å². The highest BCUT2D eigenvalue weighted by Crippen LogP contribution is 2.44. The summed E-state index contributed by atoms with van der Waals surface area (Å²) in [5.74, 6) is -0.0878. The summed E-state index contributed by atoms with van der Waals surface area (Å²) in [6, 6.07) is 9.34. The third-order valence-electron chi connectivity index (χ3n) is 8.82. The van der Waals surface area contributed by atoms with Crippen molar-refractivity contribution in [2.75, 3.05) is 24.5 Å². The molecule has 3 heterocycles. The Hall–Kier alpha value is -3.45. The Kier molecular flexibility index (Phi) is 6.69. The molecule has 0 radical (unpaired) electrons. The van der Waals surface area contributed by atoms with Crippen molar-refractivity contribution >= 4 is 11.6 Å². The van der Waals surface area contributed by atoms with Gasteiger partial charge in [-0.2, -0.15) is 26.3 Å². The second kappa shape index (κ2) is 9.80. The van der Waals surface area contributed by atoms with Crippen molar-refractivity contribution in [3.05, 3.63) is 76.4 Å². The summed E-state index contributed by atoms with van der Waals surface area (Å²) in [5, 5.41) is 11.4. The predicted octanol–water partition coefficient (Wildman–Crippen LogP) is 5.19. The molecule has 7 nitrogen and oxygen atoms in total. The van der Waals surface area contributed by atoms with Gasteiger partial charge in [-0.25, -0.2) is 0 Å². The number of aromatic nitrogens is 3. The van der Waals surface area contributed by atoms with Gasteiger partial charge in [0.05, 0.1) is 24.1 Å². The molecule has 0 unspecified atom stereocenters. The number of aryl methyl sites for hydroxylation is 1. The lowest BCUT2D eigenvalue weighted by molar-refractivity contribution is -0.159. The number of nitrogens with one attached hydrogen (secondary N) is 1. The van der Waals surface area contributed by atoms with Crippen LogP contribution in [0, 0.1) is 0 Å². The van der Waals surface area contributed by atoms with Crippen molar-refractivity contribution in [3.8, 4) is 0 Å². The van der Waals surface area contributed by atoms with Gasteiger partial charge in [0.25, 0.3) is 5.91 Å². The molecule has 224 valence electrons. The van der Waals surface area contributed by atoms with Gasteiger partial charge in [0.2, 0.25) is 0 Å². The van der Waals surface area contributed by atoms with Gasteiger partial charge < -0.3 is 14.8 Å². The minimum atomic E-state index is -4.65. The molecule has 6 rings (SSSR count). The fourth-order valence-electron chi connectivity index (χ4n) is 6.45. The molecule has 42 heavy (non-hydrogen) atoms. The molecule has 0 spiro atoms. The minimum Gasteiger partial charge on any atom is -0.320 e. The first kappa shape index (κ1) is 28.7. The number of fused-ring (bicyclic) bond motifs is 1. The Morgan fingerprint density at radius 1 is 1.05 bits per heavy atom. The number of hydrogen-bond donors (Lipinski definition) is 1. The summed E-state index contributed by atoms with van der Waals surface area (Å²) in [4.78, 5) is 16.2. The van der Waals surface area contributed by atoms with Gasteiger partial charge >= 0.3 is 12.4 Å². The molecular weight excluding hydrogens is 562 g/mol. The largest absolute Gasteiger partial charge is 0.416 e. The lowest BCUT2D eigenvalue weighted by Crippen LogP contribution is -2.62. The summed E-state index contributed by atoms with van der Waals surface area (Å²) >= 11 is 0. The van der Waals surface area contributed by atoms with E-state index in [0.717, 1.165) is 25.3 Å². The molecule has 2 fully saturated rings. The minimum absolute atomic E-state index is 0.00815. The first-order valence-corrected chi connectivity index (χ1v) is 13.7. The second-order valence-corrected chi connectivity index (χ2v) is 12.0. The molecule has 0 bridgehead atoms. The zero-order valence-electron chi connectivity index (χ0n) is 23.1. The third kappa shape index (κ3) is 5.06. The number of carbonyl (C=O) groups is 1. The van der Waals surface area contributed by atoms with Gasteiger partial charge in [-0.05, 0) is 67.1 Å². The van der Waals surface area contributed by atoms with Crippen LogP contribution in [0.2, 0.25) is 0 Å². The van der Waals surface area contributed by atoms with E-state index >= 15 is 0 Å². The number of halogens is 6. The fourth-order valence-corrected chi connectivity index (χ4v) is 6.45. The highest BCUT2D eigenvalue weighted by molar-refractivity contribution is 6.10. The second-order valence-electron chi connectivity index (χ2n) is 12.0. The summed E-state index contributed by atoms with van der Waals surface area (Å²) in [6.45, 7) is 0.934. The maximum atomic E-state index is 14.2. The molecule has 1 saturated carbocycles. The molecule has 1 amide bonds. The Labute approximate surface area is 238 Å². The maximum Gasteiger partial charge on any atom is 0.416 e. The number of alkyl halides is 6. The van der Waals surface area contributed by atoms with Crippen molar-refractivity contribution in [2.24, 2.45) is 7.05 Å². The summed E-state index contributed by atoms with van der Waals surface area (Å²) in [5.41, 5.74) is -0.612. The van der Waals surface area contributed by atoms with Crippen LogP contribution in [0.1, 0.15) is 64.6 Å². The zero-order chi connectivity index (χ0) is 30.1. The van der Waals surface area contributed by atoms with E-state index in [-0.39, 0.29) is 42.8 Å². The smallest absolute Gasteiger partial charge is 0.320 e. The van der Waals surface area contributed by atoms with Crippen molar-refractivity contribution < 1.29 is 31.1 Å². The predicted molar refractivity (Wildman–Crippen MR) is 142 cm³/mol.